The van der Waals surface area contributed by atoms with E-state index in [2.05, 4.69) is 24.9 Å². The molecule has 0 aliphatic carbocycles. The van der Waals surface area contributed by atoms with Crippen LogP contribution in [0.2, 0.25) is 10.4 Å². The third-order valence-corrected chi connectivity index (χ3v) is 3.37. The van der Waals surface area contributed by atoms with E-state index in [0.29, 0.717) is 0 Å². The maximum atomic E-state index is 11.8. The van der Waals surface area contributed by atoms with E-state index in [1.165, 1.54) is 12.3 Å². The number of nitrogens with one attached hydrogen (secondary N) is 2. The number of rotatable bonds is 3. The first-order chi connectivity index (χ1) is 7.97. The molecule has 2 N–H and O–H groups in total. The zero-order valence-corrected chi connectivity index (χ0v) is 10.4. The number of nitrogens with zero attached hydrogens (tertiary/aromatic N) is 3. The first-order valence-corrected chi connectivity index (χ1v) is 6.43. The topological polar surface area (TPSA) is 101 Å². The molecule has 0 aliphatic rings. The molecular formula is C7H5Cl2N5O2S. The van der Waals surface area contributed by atoms with Crippen LogP contribution in [-0.4, -0.2) is 28.6 Å². The van der Waals surface area contributed by atoms with Gasteiger partial charge in [-0.15, -0.1) is 0 Å². The summed E-state index contributed by atoms with van der Waals surface area (Å²) in [5, 5.41) is 5.81. The van der Waals surface area contributed by atoms with Crippen molar-refractivity contribution in [2.45, 2.75) is 4.90 Å². The van der Waals surface area contributed by atoms with Gasteiger partial charge in [-0.2, -0.15) is 10.1 Å². The summed E-state index contributed by atoms with van der Waals surface area (Å²) < 4.78 is 25.7. The molecule has 17 heavy (non-hydrogen) atoms. The standard InChI is InChI=1S/C7H5Cl2N5O2S/c8-5-1-6(13-7(9)12-5)14-17(15,16)4-2-10-11-3-4/h1-3H,(H,10,11)(H,12,13,14). The van der Waals surface area contributed by atoms with Crippen LogP contribution in [-0.2, 0) is 10.0 Å². The Balaban J connectivity index is 2.33. The molecule has 0 unspecified atom stereocenters. The van der Waals surface area contributed by atoms with Gasteiger partial charge in [-0.3, -0.25) is 9.82 Å². The van der Waals surface area contributed by atoms with Crippen molar-refractivity contribution in [1.29, 1.82) is 0 Å². The van der Waals surface area contributed by atoms with E-state index in [-0.39, 0.29) is 21.2 Å². The molecule has 0 amide bonds. The van der Waals surface area contributed by atoms with Gasteiger partial charge in [0.15, 0.2) is 0 Å². The number of H-pyrrole nitrogens is 1. The van der Waals surface area contributed by atoms with Gasteiger partial charge in [0, 0.05) is 12.3 Å². The molecule has 0 aliphatic heterocycles. The highest BCUT2D eigenvalue weighted by Crippen LogP contribution is 2.17. The van der Waals surface area contributed by atoms with Crippen molar-refractivity contribution in [3.8, 4) is 0 Å². The maximum Gasteiger partial charge on any atom is 0.266 e. The van der Waals surface area contributed by atoms with Gasteiger partial charge in [-0.05, 0) is 11.6 Å². The van der Waals surface area contributed by atoms with Crippen molar-refractivity contribution in [3.05, 3.63) is 28.9 Å². The van der Waals surface area contributed by atoms with Crippen molar-refractivity contribution >= 4 is 39.0 Å². The van der Waals surface area contributed by atoms with Gasteiger partial charge in [0.05, 0.1) is 6.20 Å². The Hall–Kier alpha value is -1.38. The molecule has 2 heterocycles. The number of hydrogen-bond donors (Lipinski definition) is 2. The van der Waals surface area contributed by atoms with Crippen LogP contribution in [0.25, 0.3) is 0 Å². The number of hydrogen-bond acceptors (Lipinski definition) is 5. The molecular weight excluding hydrogens is 289 g/mol. The number of anilines is 1. The molecule has 90 valence electrons. The number of sulfonamides is 1. The van der Waals surface area contributed by atoms with Crippen LogP contribution in [0.1, 0.15) is 0 Å². The molecule has 0 atom stereocenters. The minimum absolute atomic E-state index is 0.0174. The Morgan fingerprint density at radius 1 is 1.29 bits per heavy atom. The fraction of sp³-hybridized carbons (Fsp3) is 0. The lowest BCUT2D eigenvalue weighted by molar-refractivity contribution is 0.601. The molecule has 2 aromatic heterocycles. The Labute approximate surface area is 106 Å². The minimum atomic E-state index is -3.75. The lowest BCUT2D eigenvalue weighted by Gasteiger charge is -2.05. The van der Waals surface area contributed by atoms with Gasteiger partial charge in [0.2, 0.25) is 5.28 Å². The Morgan fingerprint density at radius 3 is 2.65 bits per heavy atom. The van der Waals surface area contributed by atoms with E-state index >= 15 is 0 Å². The van der Waals surface area contributed by atoms with Gasteiger partial charge in [0.1, 0.15) is 15.9 Å². The first-order valence-electron chi connectivity index (χ1n) is 4.19. The molecule has 7 nitrogen and oxygen atoms in total. The van der Waals surface area contributed by atoms with Gasteiger partial charge < -0.3 is 0 Å². The zero-order valence-electron chi connectivity index (χ0n) is 8.05. The Morgan fingerprint density at radius 2 is 2.06 bits per heavy atom. The highest BCUT2D eigenvalue weighted by molar-refractivity contribution is 7.92. The van der Waals surface area contributed by atoms with E-state index < -0.39 is 10.0 Å². The smallest absolute Gasteiger partial charge is 0.266 e. The van der Waals surface area contributed by atoms with E-state index in [1.54, 1.807) is 0 Å². The summed E-state index contributed by atoms with van der Waals surface area (Å²) in [5.74, 6) is -0.0174. The molecule has 2 aromatic rings. The third kappa shape index (κ3) is 2.84. The molecule has 0 fully saturated rings. The number of halogens is 2. The molecule has 0 saturated carbocycles. The van der Waals surface area contributed by atoms with E-state index in [4.69, 9.17) is 23.2 Å². The molecule has 0 bridgehead atoms. The van der Waals surface area contributed by atoms with E-state index in [0.717, 1.165) is 6.20 Å². The summed E-state index contributed by atoms with van der Waals surface area (Å²) in [6.45, 7) is 0. The summed E-state index contributed by atoms with van der Waals surface area (Å²) in [7, 11) is -3.75. The van der Waals surface area contributed by atoms with Crippen molar-refractivity contribution in [1.82, 2.24) is 20.2 Å². The van der Waals surface area contributed by atoms with E-state index in [1.807, 2.05) is 0 Å². The van der Waals surface area contributed by atoms with Crippen LogP contribution < -0.4 is 4.72 Å². The van der Waals surface area contributed by atoms with Gasteiger partial charge >= 0.3 is 0 Å². The van der Waals surface area contributed by atoms with Crippen LogP contribution in [0, 0.1) is 0 Å². The second-order valence-electron chi connectivity index (χ2n) is 2.88. The quantitative estimate of drug-likeness (QED) is 0.656. The SMILES string of the molecule is O=S(=O)(Nc1cc(Cl)nc(Cl)n1)c1cn[nH]c1. The average Bonchev–Trinajstić information content (AvgIpc) is 2.67. The Kier molecular flexibility index (Phi) is 3.18. The van der Waals surface area contributed by atoms with Crippen LogP contribution in [0.15, 0.2) is 23.4 Å². The van der Waals surface area contributed by atoms with Crippen molar-refractivity contribution in [2.24, 2.45) is 0 Å². The molecule has 0 spiro atoms. The van der Waals surface area contributed by atoms with Crippen LogP contribution in [0.4, 0.5) is 5.82 Å². The van der Waals surface area contributed by atoms with Crippen LogP contribution >= 0.6 is 23.2 Å². The second-order valence-corrected chi connectivity index (χ2v) is 5.29. The lowest BCUT2D eigenvalue weighted by atomic mass is 10.6. The molecule has 10 heteroatoms. The van der Waals surface area contributed by atoms with Crippen molar-refractivity contribution in [2.75, 3.05) is 4.72 Å². The maximum absolute atomic E-state index is 11.8. The van der Waals surface area contributed by atoms with Crippen molar-refractivity contribution < 1.29 is 8.42 Å². The van der Waals surface area contributed by atoms with Gasteiger partial charge in [0.25, 0.3) is 10.0 Å². The monoisotopic (exact) mass is 293 g/mol. The van der Waals surface area contributed by atoms with E-state index in [9.17, 15) is 8.42 Å². The molecule has 0 saturated heterocycles. The zero-order chi connectivity index (χ0) is 12.5. The highest BCUT2D eigenvalue weighted by atomic mass is 35.5. The van der Waals surface area contributed by atoms with Crippen LogP contribution in [0.5, 0.6) is 0 Å². The van der Waals surface area contributed by atoms with Crippen molar-refractivity contribution in [3.63, 3.8) is 0 Å². The number of aromatic nitrogens is 4. The largest absolute Gasteiger partial charge is 0.284 e. The van der Waals surface area contributed by atoms with Gasteiger partial charge in [-0.1, -0.05) is 11.6 Å². The first kappa shape index (κ1) is 12.1. The summed E-state index contributed by atoms with van der Waals surface area (Å²) in [5.41, 5.74) is 0. The number of aromatic amines is 1. The summed E-state index contributed by atoms with van der Waals surface area (Å²) in [4.78, 5) is 7.25. The summed E-state index contributed by atoms with van der Waals surface area (Å²) in [6.07, 6.45) is 2.39. The fourth-order valence-corrected chi connectivity index (χ4v) is 2.33. The lowest BCUT2D eigenvalue weighted by Crippen LogP contribution is -2.13. The second kappa shape index (κ2) is 4.47. The third-order valence-electron chi connectivity index (χ3n) is 1.69. The van der Waals surface area contributed by atoms with Gasteiger partial charge in [-0.25, -0.2) is 13.4 Å². The highest BCUT2D eigenvalue weighted by Gasteiger charge is 2.16. The summed E-state index contributed by atoms with van der Waals surface area (Å²) in [6, 6.07) is 1.24. The Bertz CT molecular complexity index is 607. The van der Waals surface area contributed by atoms with Crippen LogP contribution in [0.3, 0.4) is 0 Å². The molecule has 0 radical (unpaired) electrons. The molecule has 2 rings (SSSR count). The molecule has 0 aromatic carbocycles. The predicted octanol–water partition coefficient (Wildman–Crippen LogP) is 1.31. The summed E-state index contributed by atoms with van der Waals surface area (Å²) >= 11 is 11.2. The fourth-order valence-electron chi connectivity index (χ4n) is 1.02. The normalized spacial score (nSPS) is 11.4. The average molecular weight is 294 g/mol. The minimum Gasteiger partial charge on any atom is -0.284 e. The predicted molar refractivity (Wildman–Crippen MR) is 61.4 cm³/mol.